The molecule has 1 heterocycles. The van der Waals surface area contributed by atoms with Crippen molar-refractivity contribution < 1.29 is 9.53 Å². The Balaban J connectivity index is 1.75. The standard InChI is InChI=1S/C18H27BrN2O2/c1-18(2,3)23-17(22)21-12-4-5-16(13-21)20-11-10-14-6-8-15(19)9-7-14/h6-9,16,20H,4-5,10-13H2,1-3H3. The molecule has 23 heavy (non-hydrogen) atoms. The van der Waals surface area contributed by atoms with Crippen LogP contribution in [-0.4, -0.2) is 42.3 Å². The quantitative estimate of drug-likeness (QED) is 0.855. The Hall–Kier alpha value is -1.07. The van der Waals surface area contributed by atoms with E-state index < -0.39 is 5.60 Å². The largest absolute Gasteiger partial charge is 0.444 e. The van der Waals surface area contributed by atoms with E-state index in [1.165, 1.54) is 5.56 Å². The molecule has 0 spiro atoms. The molecular formula is C18H27BrN2O2. The van der Waals surface area contributed by atoms with Crippen molar-refractivity contribution in [1.82, 2.24) is 10.2 Å². The first-order valence-electron chi connectivity index (χ1n) is 8.29. The predicted molar refractivity (Wildman–Crippen MR) is 96.7 cm³/mol. The van der Waals surface area contributed by atoms with E-state index in [0.717, 1.165) is 43.4 Å². The number of nitrogens with zero attached hydrogens (tertiary/aromatic N) is 1. The zero-order chi connectivity index (χ0) is 16.9. The normalized spacial score (nSPS) is 18.8. The Bertz CT molecular complexity index is 511. The van der Waals surface area contributed by atoms with Gasteiger partial charge in [-0.1, -0.05) is 28.1 Å². The number of hydrogen-bond donors (Lipinski definition) is 1. The fourth-order valence-electron chi connectivity index (χ4n) is 2.71. The summed E-state index contributed by atoms with van der Waals surface area (Å²) in [4.78, 5) is 14.0. The van der Waals surface area contributed by atoms with Crippen molar-refractivity contribution in [2.24, 2.45) is 0 Å². The van der Waals surface area contributed by atoms with Gasteiger partial charge < -0.3 is 15.0 Å². The maximum absolute atomic E-state index is 12.2. The van der Waals surface area contributed by atoms with Crippen LogP contribution in [0.5, 0.6) is 0 Å². The predicted octanol–water partition coefficient (Wildman–Crippen LogP) is 3.98. The number of hydrogen-bond acceptors (Lipinski definition) is 3. The van der Waals surface area contributed by atoms with Gasteiger partial charge in [0, 0.05) is 23.6 Å². The molecule has 1 fully saturated rings. The minimum absolute atomic E-state index is 0.197. The average molecular weight is 383 g/mol. The van der Waals surface area contributed by atoms with Crippen LogP contribution in [0, 0.1) is 0 Å². The van der Waals surface area contributed by atoms with Gasteiger partial charge in [-0.05, 0) is 64.3 Å². The van der Waals surface area contributed by atoms with E-state index in [-0.39, 0.29) is 6.09 Å². The molecule has 1 aliphatic rings. The Morgan fingerprint density at radius 3 is 2.70 bits per heavy atom. The second-order valence-corrected chi connectivity index (χ2v) is 8.01. The van der Waals surface area contributed by atoms with Crippen LogP contribution in [0.4, 0.5) is 4.79 Å². The van der Waals surface area contributed by atoms with Gasteiger partial charge in [0.05, 0.1) is 0 Å². The molecule has 1 amide bonds. The maximum atomic E-state index is 12.2. The lowest BCUT2D eigenvalue weighted by Gasteiger charge is -2.34. The van der Waals surface area contributed by atoms with E-state index >= 15 is 0 Å². The number of carbonyl (C=O) groups is 1. The molecule has 1 aromatic carbocycles. The molecule has 0 aliphatic carbocycles. The summed E-state index contributed by atoms with van der Waals surface area (Å²) in [6, 6.07) is 8.77. The molecular weight excluding hydrogens is 356 g/mol. The number of rotatable bonds is 4. The van der Waals surface area contributed by atoms with Crippen molar-refractivity contribution in [3.05, 3.63) is 34.3 Å². The second kappa shape index (κ2) is 8.15. The molecule has 0 bridgehead atoms. The summed E-state index contributed by atoms with van der Waals surface area (Å²) in [5, 5.41) is 3.57. The zero-order valence-electron chi connectivity index (χ0n) is 14.3. The molecule has 1 unspecified atom stereocenters. The fraction of sp³-hybridized carbons (Fsp3) is 0.611. The van der Waals surface area contributed by atoms with Crippen molar-refractivity contribution in [3.8, 4) is 0 Å². The third-order valence-electron chi connectivity index (χ3n) is 3.83. The molecule has 4 nitrogen and oxygen atoms in total. The Kier molecular flexibility index (Phi) is 6.48. The van der Waals surface area contributed by atoms with Crippen LogP contribution in [0.2, 0.25) is 0 Å². The molecule has 1 N–H and O–H groups in total. The average Bonchev–Trinajstić information content (AvgIpc) is 2.48. The minimum Gasteiger partial charge on any atom is -0.444 e. The van der Waals surface area contributed by atoms with E-state index in [1.807, 2.05) is 25.7 Å². The third-order valence-corrected chi connectivity index (χ3v) is 4.36. The lowest BCUT2D eigenvalue weighted by molar-refractivity contribution is 0.0188. The summed E-state index contributed by atoms with van der Waals surface area (Å²) < 4.78 is 6.57. The van der Waals surface area contributed by atoms with Crippen LogP contribution in [0.15, 0.2) is 28.7 Å². The van der Waals surface area contributed by atoms with Gasteiger partial charge in [-0.2, -0.15) is 0 Å². The van der Waals surface area contributed by atoms with Gasteiger partial charge in [0.15, 0.2) is 0 Å². The number of piperidine rings is 1. The van der Waals surface area contributed by atoms with Crippen LogP contribution in [0.1, 0.15) is 39.2 Å². The number of amides is 1. The van der Waals surface area contributed by atoms with Crippen molar-refractivity contribution in [2.45, 2.75) is 51.7 Å². The van der Waals surface area contributed by atoms with Crippen molar-refractivity contribution in [3.63, 3.8) is 0 Å². The number of likely N-dealkylation sites (tertiary alicyclic amines) is 1. The summed E-state index contributed by atoms with van der Waals surface area (Å²) in [6.07, 6.45) is 2.93. The number of benzene rings is 1. The van der Waals surface area contributed by atoms with Crippen molar-refractivity contribution in [2.75, 3.05) is 19.6 Å². The van der Waals surface area contributed by atoms with Gasteiger partial charge in [-0.25, -0.2) is 4.79 Å². The van der Waals surface area contributed by atoms with Crippen LogP contribution in [0.25, 0.3) is 0 Å². The van der Waals surface area contributed by atoms with Gasteiger partial charge in [-0.3, -0.25) is 0 Å². The van der Waals surface area contributed by atoms with Crippen LogP contribution in [0.3, 0.4) is 0 Å². The van der Waals surface area contributed by atoms with Crippen molar-refractivity contribution >= 4 is 22.0 Å². The first kappa shape index (κ1) is 18.3. The summed E-state index contributed by atoms with van der Waals surface area (Å²) in [5.74, 6) is 0. The maximum Gasteiger partial charge on any atom is 0.410 e. The van der Waals surface area contributed by atoms with Gasteiger partial charge in [0.1, 0.15) is 5.60 Å². The number of carbonyl (C=O) groups excluding carboxylic acids is 1. The van der Waals surface area contributed by atoms with Crippen LogP contribution in [-0.2, 0) is 11.2 Å². The van der Waals surface area contributed by atoms with E-state index in [4.69, 9.17) is 4.74 Å². The van der Waals surface area contributed by atoms with Gasteiger partial charge in [-0.15, -0.1) is 0 Å². The minimum atomic E-state index is -0.432. The van der Waals surface area contributed by atoms with E-state index in [9.17, 15) is 4.79 Å². The summed E-state index contributed by atoms with van der Waals surface area (Å²) in [7, 11) is 0. The smallest absolute Gasteiger partial charge is 0.410 e. The molecule has 1 saturated heterocycles. The monoisotopic (exact) mass is 382 g/mol. The highest BCUT2D eigenvalue weighted by Crippen LogP contribution is 2.16. The van der Waals surface area contributed by atoms with Gasteiger partial charge in [0.25, 0.3) is 0 Å². The van der Waals surface area contributed by atoms with E-state index in [0.29, 0.717) is 6.04 Å². The summed E-state index contributed by atoms with van der Waals surface area (Å²) in [6.45, 7) is 8.16. The highest BCUT2D eigenvalue weighted by atomic mass is 79.9. The first-order chi connectivity index (χ1) is 10.8. The van der Waals surface area contributed by atoms with Crippen molar-refractivity contribution in [1.29, 1.82) is 0 Å². The third kappa shape index (κ3) is 6.51. The van der Waals surface area contributed by atoms with E-state index in [2.05, 4.69) is 45.5 Å². The second-order valence-electron chi connectivity index (χ2n) is 7.10. The topological polar surface area (TPSA) is 41.6 Å². The van der Waals surface area contributed by atoms with E-state index in [1.54, 1.807) is 0 Å². The molecule has 1 aliphatic heterocycles. The Labute approximate surface area is 147 Å². The van der Waals surface area contributed by atoms with Gasteiger partial charge in [0.2, 0.25) is 0 Å². The highest BCUT2D eigenvalue weighted by molar-refractivity contribution is 9.10. The molecule has 1 atom stereocenters. The number of nitrogens with one attached hydrogen (secondary N) is 1. The molecule has 0 saturated carbocycles. The van der Waals surface area contributed by atoms with Crippen LogP contribution >= 0.6 is 15.9 Å². The molecule has 0 radical (unpaired) electrons. The van der Waals surface area contributed by atoms with Crippen LogP contribution < -0.4 is 5.32 Å². The summed E-state index contributed by atoms with van der Waals surface area (Å²) in [5.41, 5.74) is 0.888. The fourth-order valence-corrected chi connectivity index (χ4v) is 2.97. The summed E-state index contributed by atoms with van der Waals surface area (Å²) >= 11 is 3.45. The molecule has 2 rings (SSSR count). The highest BCUT2D eigenvalue weighted by Gasteiger charge is 2.27. The first-order valence-corrected chi connectivity index (χ1v) is 9.08. The van der Waals surface area contributed by atoms with Gasteiger partial charge >= 0.3 is 6.09 Å². The number of halogens is 1. The molecule has 0 aromatic heterocycles. The SMILES string of the molecule is CC(C)(C)OC(=O)N1CCCC(NCCc2ccc(Br)cc2)C1. The molecule has 128 valence electrons. The Morgan fingerprint density at radius 1 is 1.35 bits per heavy atom. The molecule has 5 heteroatoms. The lowest BCUT2D eigenvalue weighted by Crippen LogP contribution is -2.49. The lowest BCUT2D eigenvalue weighted by atomic mass is 10.1. The zero-order valence-corrected chi connectivity index (χ0v) is 15.9. The Morgan fingerprint density at radius 2 is 2.04 bits per heavy atom. The number of ether oxygens (including phenoxy) is 1. The molecule has 1 aromatic rings.